The van der Waals surface area contributed by atoms with E-state index in [0.717, 1.165) is 29.2 Å². The molecular weight excluding hydrogens is 282 g/mol. The smallest absolute Gasteiger partial charge is 0.124 e. The first-order chi connectivity index (χ1) is 10.1. The standard InChI is InChI=1S/C18H26ClNO/c1-12-7-13(2)9-17(8-12)21-18-6-3-15(19)10-14(18)11-20-16-4-5-16/h3,6,10,12-13,16-17,20H,4-5,7-9,11H2,1-2H3. The van der Waals surface area contributed by atoms with Crippen LogP contribution in [-0.2, 0) is 6.54 Å². The number of halogens is 1. The predicted octanol–water partition coefficient (Wildman–Crippen LogP) is 4.80. The van der Waals surface area contributed by atoms with E-state index in [4.69, 9.17) is 16.3 Å². The molecule has 2 atom stereocenters. The highest BCUT2D eigenvalue weighted by molar-refractivity contribution is 6.30. The Bertz CT molecular complexity index is 476. The molecule has 3 rings (SSSR count). The van der Waals surface area contributed by atoms with Gasteiger partial charge in [0.25, 0.3) is 0 Å². The van der Waals surface area contributed by atoms with Gasteiger partial charge in [0.2, 0.25) is 0 Å². The Balaban J connectivity index is 1.67. The quantitative estimate of drug-likeness (QED) is 0.844. The summed E-state index contributed by atoms with van der Waals surface area (Å²) in [4.78, 5) is 0. The van der Waals surface area contributed by atoms with Crippen LogP contribution in [-0.4, -0.2) is 12.1 Å². The predicted molar refractivity (Wildman–Crippen MR) is 87.9 cm³/mol. The van der Waals surface area contributed by atoms with Crippen molar-refractivity contribution in [3.63, 3.8) is 0 Å². The summed E-state index contributed by atoms with van der Waals surface area (Å²) in [7, 11) is 0. The van der Waals surface area contributed by atoms with Crippen LogP contribution >= 0.6 is 11.6 Å². The number of hydrogen-bond acceptors (Lipinski definition) is 2. The number of nitrogens with one attached hydrogen (secondary N) is 1. The van der Waals surface area contributed by atoms with E-state index in [1.165, 1.54) is 37.7 Å². The second-order valence-electron chi connectivity index (χ2n) is 7.06. The summed E-state index contributed by atoms with van der Waals surface area (Å²) in [6.07, 6.45) is 6.62. The SMILES string of the molecule is CC1CC(C)CC(Oc2ccc(Cl)cc2CNC2CC2)C1. The van der Waals surface area contributed by atoms with Crippen molar-refractivity contribution in [2.75, 3.05) is 0 Å². The van der Waals surface area contributed by atoms with E-state index in [0.29, 0.717) is 12.1 Å². The third-order valence-corrected chi connectivity index (χ3v) is 4.85. The molecule has 0 aliphatic heterocycles. The molecule has 2 unspecified atom stereocenters. The topological polar surface area (TPSA) is 21.3 Å². The van der Waals surface area contributed by atoms with E-state index < -0.39 is 0 Å². The molecule has 0 aromatic heterocycles. The fraction of sp³-hybridized carbons (Fsp3) is 0.667. The van der Waals surface area contributed by atoms with Crippen LogP contribution in [0.1, 0.15) is 51.5 Å². The van der Waals surface area contributed by atoms with E-state index in [1.807, 2.05) is 18.2 Å². The molecule has 3 heteroatoms. The number of benzene rings is 1. The van der Waals surface area contributed by atoms with Gasteiger partial charge in [0.05, 0.1) is 6.10 Å². The first kappa shape index (κ1) is 15.2. The van der Waals surface area contributed by atoms with Gasteiger partial charge in [-0.1, -0.05) is 25.4 Å². The Morgan fingerprint density at radius 3 is 2.52 bits per heavy atom. The molecule has 2 aliphatic rings. The Morgan fingerprint density at radius 2 is 1.86 bits per heavy atom. The van der Waals surface area contributed by atoms with E-state index in [2.05, 4.69) is 19.2 Å². The molecule has 2 fully saturated rings. The van der Waals surface area contributed by atoms with Gasteiger partial charge in [0.1, 0.15) is 5.75 Å². The zero-order valence-corrected chi connectivity index (χ0v) is 13.8. The fourth-order valence-electron chi connectivity index (χ4n) is 3.49. The van der Waals surface area contributed by atoms with Crippen LogP contribution in [0.3, 0.4) is 0 Å². The molecule has 2 saturated carbocycles. The van der Waals surface area contributed by atoms with Gasteiger partial charge in [-0.15, -0.1) is 0 Å². The Labute approximate surface area is 133 Å². The molecule has 1 aromatic carbocycles. The van der Waals surface area contributed by atoms with Gasteiger partial charge < -0.3 is 10.1 Å². The number of ether oxygens (including phenoxy) is 1. The van der Waals surface area contributed by atoms with E-state index in [1.54, 1.807) is 0 Å². The lowest BCUT2D eigenvalue weighted by Gasteiger charge is -2.32. The first-order valence-corrected chi connectivity index (χ1v) is 8.66. The highest BCUT2D eigenvalue weighted by atomic mass is 35.5. The van der Waals surface area contributed by atoms with Gasteiger partial charge in [-0.25, -0.2) is 0 Å². The maximum Gasteiger partial charge on any atom is 0.124 e. The molecule has 1 aromatic rings. The number of hydrogen-bond donors (Lipinski definition) is 1. The molecule has 0 spiro atoms. The van der Waals surface area contributed by atoms with Gasteiger partial charge in [0, 0.05) is 23.2 Å². The van der Waals surface area contributed by atoms with Crippen molar-refractivity contribution in [3.8, 4) is 5.75 Å². The summed E-state index contributed by atoms with van der Waals surface area (Å²) in [6.45, 7) is 5.53. The van der Waals surface area contributed by atoms with Crippen LogP contribution in [0.25, 0.3) is 0 Å². The van der Waals surface area contributed by atoms with Gasteiger partial charge >= 0.3 is 0 Å². The Morgan fingerprint density at radius 1 is 1.14 bits per heavy atom. The molecule has 116 valence electrons. The minimum absolute atomic E-state index is 0.351. The minimum Gasteiger partial charge on any atom is -0.490 e. The average Bonchev–Trinajstić information content (AvgIpc) is 3.22. The van der Waals surface area contributed by atoms with Crippen molar-refractivity contribution >= 4 is 11.6 Å². The van der Waals surface area contributed by atoms with Crippen LogP contribution in [0.15, 0.2) is 18.2 Å². The molecular formula is C18H26ClNO. The van der Waals surface area contributed by atoms with Crippen LogP contribution in [0, 0.1) is 11.8 Å². The Kier molecular flexibility index (Phi) is 4.75. The van der Waals surface area contributed by atoms with Gasteiger partial charge in [0.15, 0.2) is 0 Å². The largest absolute Gasteiger partial charge is 0.490 e. The van der Waals surface area contributed by atoms with Crippen molar-refractivity contribution in [2.24, 2.45) is 11.8 Å². The summed E-state index contributed by atoms with van der Waals surface area (Å²) >= 11 is 6.15. The second-order valence-corrected chi connectivity index (χ2v) is 7.50. The van der Waals surface area contributed by atoms with Crippen LogP contribution in [0.2, 0.25) is 5.02 Å². The third kappa shape index (κ3) is 4.37. The lowest BCUT2D eigenvalue weighted by molar-refractivity contribution is 0.0999. The molecule has 2 nitrogen and oxygen atoms in total. The maximum atomic E-state index is 6.34. The maximum absolute atomic E-state index is 6.34. The molecule has 0 saturated heterocycles. The van der Waals surface area contributed by atoms with Crippen molar-refractivity contribution in [2.45, 2.75) is 64.6 Å². The molecule has 0 bridgehead atoms. The molecule has 1 N–H and O–H groups in total. The van der Waals surface area contributed by atoms with Crippen molar-refractivity contribution in [1.82, 2.24) is 5.32 Å². The van der Waals surface area contributed by atoms with Crippen molar-refractivity contribution in [1.29, 1.82) is 0 Å². The van der Waals surface area contributed by atoms with Crippen LogP contribution < -0.4 is 10.1 Å². The van der Waals surface area contributed by atoms with E-state index in [9.17, 15) is 0 Å². The molecule has 2 aliphatic carbocycles. The van der Waals surface area contributed by atoms with Crippen molar-refractivity contribution in [3.05, 3.63) is 28.8 Å². The van der Waals surface area contributed by atoms with E-state index >= 15 is 0 Å². The van der Waals surface area contributed by atoms with E-state index in [-0.39, 0.29) is 0 Å². The lowest BCUT2D eigenvalue weighted by atomic mass is 9.82. The van der Waals surface area contributed by atoms with Gasteiger partial charge in [-0.3, -0.25) is 0 Å². The highest BCUT2D eigenvalue weighted by Gasteiger charge is 2.26. The summed E-state index contributed by atoms with van der Waals surface area (Å²) in [5.74, 6) is 2.54. The third-order valence-electron chi connectivity index (χ3n) is 4.61. The highest BCUT2D eigenvalue weighted by Crippen LogP contribution is 2.33. The molecule has 0 radical (unpaired) electrons. The number of rotatable bonds is 5. The first-order valence-electron chi connectivity index (χ1n) is 8.28. The second kappa shape index (κ2) is 6.58. The van der Waals surface area contributed by atoms with Gasteiger partial charge in [-0.05, 0) is 62.1 Å². The van der Waals surface area contributed by atoms with Crippen molar-refractivity contribution < 1.29 is 4.74 Å². The molecule has 0 heterocycles. The zero-order chi connectivity index (χ0) is 14.8. The summed E-state index contributed by atoms with van der Waals surface area (Å²) in [5.41, 5.74) is 1.19. The summed E-state index contributed by atoms with van der Waals surface area (Å²) in [6, 6.07) is 6.72. The monoisotopic (exact) mass is 307 g/mol. The van der Waals surface area contributed by atoms with Gasteiger partial charge in [-0.2, -0.15) is 0 Å². The summed E-state index contributed by atoms with van der Waals surface area (Å²) in [5, 5.41) is 4.35. The summed E-state index contributed by atoms with van der Waals surface area (Å²) < 4.78 is 6.34. The normalized spacial score (nSPS) is 29.4. The zero-order valence-electron chi connectivity index (χ0n) is 13.1. The lowest BCUT2D eigenvalue weighted by Crippen LogP contribution is -2.29. The van der Waals surface area contributed by atoms with Crippen LogP contribution in [0.5, 0.6) is 5.75 Å². The average molecular weight is 308 g/mol. The Hall–Kier alpha value is -0.730. The molecule has 21 heavy (non-hydrogen) atoms. The molecule has 0 amide bonds. The minimum atomic E-state index is 0.351. The van der Waals surface area contributed by atoms with Crippen LogP contribution in [0.4, 0.5) is 0 Å². The fourth-order valence-corrected chi connectivity index (χ4v) is 3.69.